The lowest BCUT2D eigenvalue weighted by Gasteiger charge is -2.08. The monoisotopic (exact) mass is 555 g/mol. The van der Waals surface area contributed by atoms with Crippen LogP contribution < -0.4 is 10.6 Å². The molecule has 0 saturated heterocycles. The van der Waals surface area contributed by atoms with Crippen molar-refractivity contribution in [2.45, 2.75) is 26.2 Å². The Hall–Kier alpha value is -4.20. The third-order valence-corrected chi connectivity index (χ3v) is 6.83. The summed E-state index contributed by atoms with van der Waals surface area (Å²) >= 11 is 11.2. The zero-order valence-electron chi connectivity index (χ0n) is 21.4. The third-order valence-electron chi connectivity index (χ3n) is 6.37. The van der Waals surface area contributed by atoms with Crippen LogP contribution in [0.5, 0.6) is 0 Å². The van der Waals surface area contributed by atoms with Crippen molar-refractivity contribution in [1.29, 1.82) is 0 Å². The number of nitrogens with one attached hydrogen (secondary N) is 2. The molecule has 2 N–H and O–H groups in total. The number of amides is 1. The Morgan fingerprint density at radius 3 is 2.49 bits per heavy atom. The van der Waals surface area contributed by atoms with E-state index in [1.165, 1.54) is 11.6 Å². The van der Waals surface area contributed by atoms with Crippen molar-refractivity contribution in [2.75, 3.05) is 5.32 Å². The van der Waals surface area contributed by atoms with Crippen LogP contribution >= 0.6 is 23.8 Å². The maximum absolute atomic E-state index is 12.3. The number of nitrogens with zero attached hydrogens (tertiary/aromatic N) is 1. The number of halogens is 1. The summed E-state index contributed by atoms with van der Waals surface area (Å²) in [5.74, 6) is 1.87. The number of hydrogen-bond acceptors (Lipinski definition) is 5. The van der Waals surface area contributed by atoms with Crippen molar-refractivity contribution in [2.24, 2.45) is 0 Å². The molecule has 0 saturated carbocycles. The number of aromatic nitrogens is 1. The standard InChI is InChI=1S/C31H26ClN3O3S/c1-3-19(2)22-8-15-28-26(18-22)34-30(38-28)21-6-11-24(12-7-21)33-31(39)35-29(36)17-14-25-13-16-27(37-25)20-4-9-23(32)10-5-20/h4-19H,3H2,1-2H3,(H2,33,35,36,39). The third kappa shape index (κ3) is 6.45. The lowest BCUT2D eigenvalue weighted by Crippen LogP contribution is -2.32. The number of anilines is 1. The number of fused-ring (bicyclic) bond motifs is 1. The summed E-state index contributed by atoms with van der Waals surface area (Å²) in [6.07, 6.45) is 4.01. The fourth-order valence-corrected chi connectivity index (χ4v) is 4.34. The molecule has 0 radical (unpaired) electrons. The van der Waals surface area contributed by atoms with E-state index in [0.717, 1.165) is 34.3 Å². The van der Waals surface area contributed by atoms with Gasteiger partial charge in [-0.15, -0.1) is 0 Å². The van der Waals surface area contributed by atoms with Gasteiger partial charge in [0, 0.05) is 27.9 Å². The molecule has 5 rings (SSSR count). The molecule has 1 unspecified atom stereocenters. The highest BCUT2D eigenvalue weighted by molar-refractivity contribution is 7.80. The summed E-state index contributed by atoms with van der Waals surface area (Å²) in [5.41, 5.74) is 5.32. The second-order valence-corrected chi connectivity index (χ2v) is 9.96. The lowest BCUT2D eigenvalue weighted by atomic mass is 9.98. The molecule has 0 aliphatic carbocycles. The summed E-state index contributed by atoms with van der Waals surface area (Å²) in [6, 6.07) is 24.6. The van der Waals surface area contributed by atoms with Crippen LogP contribution in [0.2, 0.25) is 5.02 Å². The highest BCUT2D eigenvalue weighted by atomic mass is 35.5. The molecule has 39 heavy (non-hydrogen) atoms. The van der Waals surface area contributed by atoms with Gasteiger partial charge >= 0.3 is 0 Å². The van der Waals surface area contributed by atoms with E-state index in [-0.39, 0.29) is 11.0 Å². The first kappa shape index (κ1) is 26.4. The zero-order valence-corrected chi connectivity index (χ0v) is 23.0. The Labute approximate surface area is 236 Å². The van der Waals surface area contributed by atoms with Gasteiger partial charge in [0.15, 0.2) is 10.7 Å². The molecular formula is C31H26ClN3O3S. The maximum atomic E-state index is 12.3. The van der Waals surface area contributed by atoms with Crippen LogP contribution in [-0.2, 0) is 4.79 Å². The predicted molar refractivity (Wildman–Crippen MR) is 161 cm³/mol. The molecule has 0 aliphatic heterocycles. The number of benzene rings is 3. The van der Waals surface area contributed by atoms with E-state index in [9.17, 15) is 4.79 Å². The maximum Gasteiger partial charge on any atom is 0.250 e. The molecule has 0 bridgehead atoms. The van der Waals surface area contributed by atoms with Crippen LogP contribution in [0.25, 0.3) is 40.0 Å². The van der Waals surface area contributed by atoms with Gasteiger partial charge in [-0.3, -0.25) is 10.1 Å². The van der Waals surface area contributed by atoms with Crippen molar-refractivity contribution in [3.63, 3.8) is 0 Å². The number of oxazole rings is 1. The fourth-order valence-electron chi connectivity index (χ4n) is 3.99. The van der Waals surface area contributed by atoms with E-state index in [0.29, 0.717) is 28.4 Å². The van der Waals surface area contributed by atoms with Crippen molar-refractivity contribution >= 4 is 57.7 Å². The molecule has 1 atom stereocenters. The van der Waals surface area contributed by atoms with Gasteiger partial charge in [0.05, 0.1) is 0 Å². The quantitative estimate of drug-likeness (QED) is 0.155. The summed E-state index contributed by atoms with van der Waals surface area (Å²) in [7, 11) is 0. The number of carbonyl (C=O) groups excluding carboxylic acids is 1. The predicted octanol–water partition coefficient (Wildman–Crippen LogP) is 8.45. The molecule has 0 spiro atoms. The SMILES string of the molecule is CCC(C)c1ccc2oc(-c3ccc(NC(=S)NC(=O)C=Cc4ccc(-c5ccc(Cl)cc5)o4)cc3)nc2c1. The molecule has 196 valence electrons. The molecule has 2 heterocycles. The molecule has 6 nitrogen and oxygen atoms in total. The van der Waals surface area contributed by atoms with Crippen molar-refractivity contribution < 1.29 is 13.6 Å². The van der Waals surface area contributed by atoms with Crippen LogP contribution in [0.3, 0.4) is 0 Å². The van der Waals surface area contributed by atoms with Crippen LogP contribution in [0, 0.1) is 0 Å². The fraction of sp³-hybridized carbons (Fsp3) is 0.129. The van der Waals surface area contributed by atoms with Gasteiger partial charge in [-0.2, -0.15) is 0 Å². The molecular weight excluding hydrogens is 530 g/mol. The van der Waals surface area contributed by atoms with Gasteiger partial charge in [0.2, 0.25) is 11.8 Å². The number of thiocarbonyl (C=S) groups is 1. The first-order chi connectivity index (χ1) is 18.9. The van der Waals surface area contributed by atoms with E-state index in [2.05, 4.69) is 41.6 Å². The van der Waals surface area contributed by atoms with Crippen LogP contribution in [0.15, 0.2) is 93.8 Å². The van der Waals surface area contributed by atoms with Gasteiger partial charge in [0.1, 0.15) is 17.0 Å². The molecule has 0 fully saturated rings. The van der Waals surface area contributed by atoms with Gasteiger partial charge < -0.3 is 14.2 Å². The number of rotatable bonds is 7. The zero-order chi connectivity index (χ0) is 27.4. The van der Waals surface area contributed by atoms with Crippen LogP contribution in [0.1, 0.15) is 37.5 Å². The van der Waals surface area contributed by atoms with E-state index in [1.54, 1.807) is 24.3 Å². The minimum absolute atomic E-state index is 0.179. The highest BCUT2D eigenvalue weighted by Gasteiger charge is 2.11. The lowest BCUT2D eigenvalue weighted by molar-refractivity contribution is -0.115. The van der Waals surface area contributed by atoms with Gasteiger partial charge in [-0.1, -0.05) is 31.5 Å². The normalized spacial score (nSPS) is 12.1. The number of carbonyl (C=O) groups is 1. The van der Waals surface area contributed by atoms with E-state index >= 15 is 0 Å². The van der Waals surface area contributed by atoms with E-state index < -0.39 is 0 Å². The van der Waals surface area contributed by atoms with Gasteiger partial charge in [-0.05, 0) is 109 Å². The van der Waals surface area contributed by atoms with E-state index in [4.69, 9.17) is 32.7 Å². The Kier molecular flexibility index (Phi) is 7.91. The molecule has 0 aliphatic rings. The van der Waals surface area contributed by atoms with Gasteiger partial charge in [-0.25, -0.2) is 4.98 Å². The van der Waals surface area contributed by atoms with Crippen molar-refractivity contribution in [3.8, 4) is 22.8 Å². The summed E-state index contributed by atoms with van der Waals surface area (Å²) in [5, 5.41) is 6.48. The first-order valence-corrected chi connectivity index (χ1v) is 13.3. The molecule has 5 aromatic rings. The topological polar surface area (TPSA) is 80.3 Å². The van der Waals surface area contributed by atoms with Crippen molar-refractivity contribution in [1.82, 2.24) is 10.3 Å². The van der Waals surface area contributed by atoms with Crippen molar-refractivity contribution in [3.05, 3.63) is 101 Å². The minimum Gasteiger partial charge on any atom is -0.457 e. The highest BCUT2D eigenvalue weighted by Crippen LogP contribution is 2.29. The Bertz CT molecular complexity index is 1650. The molecule has 8 heteroatoms. The Morgan fingerprint density at radius 1 is 1.00 bits per heavy atom. The van der Waals surface area contributed by atoms with Gasteiger partial charge in [0.25, 0.3) is 0 Å². The smallest absolute Gasteiger partial charge is 0.250 e. The largest absolute Gasteiger partial charge is 0.457 e. The summed E-state index contributed by atoms with van der Waals surface area (Å²) < 4.78 is 11.7. The van der Waals surface area contributed by atoms with E-state index in [1.807, 2.05) is 48.5 Å². The van der Waals surface area contributed by atoms with Crippen LogP contribution in [-0.4, -0.2) is 16.0 Å². The minimum atomic E-state index is -0.378. The average Bonchev–Trinajstić information content (AvgIpc) is 3.59. The number of hydrogen-bond donors (Lipinski definition) is 2. The first-order valence-electron chi connectivity index (χ1n) is 12.5. The second kappa shape index (κ2) is 11.7. The van der Waals surface area contributed by atoms with Crippen LogP contribution in [0.4, 0.5) is 5.69 Å². The molecule has 2 aromatic heterocycles. The molecule has 1 amide bonds. The Morgan fingerprint density at radius 2 is 1.74 bits per heavy atom. The summed E-state index contributed by atoms with van der Waals surface area (Å²) in [4.78, 5) is 17.0. The number of furan rings is 1. The summed E-state index contributed by atoms with van der Waals surface area (Å²) in [6.45, 7) is 4.38. The average molecular weight is 556 g/mol. The molecule has 3 aromatic carbocycles. The Balaban J connectivity index is 1.16. The second-order valence-electron chi connectivity index (χ2n) is 9.12.